The highest BCUT2D eigenvalue weighted by molar-refractivity contribution is 7.17. The molecule has 1 aromatic heterocycles. The van der Waals surface area contributed by atoms with E-state index in [1.165, 1.54) is 18.1 Å². The largest absolute Gasteiger partial charge is 0.507 e. The van der Waals surface area contributed by atoms with Crippen LogP contribution in [-0.2, 0) is 14.3 Å². The van der Waals surface area contributed by atoms with E-state index in [0.717, 1.165) is 11.3 Å². The molecule has 0 bridgehead atoms. The molecule has 1 amide bonds. The summed E-state index contributed by atoms with van der Waals surface area (Å²) in [4.78, 5) is 45.2. The highest BCUT2D eigenvalue weighted by atomic mass is 32.1. The number of aliphatic hydroxyl groups excluding tert-OH is 1. The number of nitrogens with zero attached hydrogens (tertiary/aromatic N) is 2. The molecule has 1 unspecified atom stereocenters. The Labute approximate surface area is 227 Å². The number of Topliss-reactive ketones (excluding diaryl/α,β-unsaturated/α-hetero) is 1. The fourth-order valence-corrected chi connectivity index (χ4v) is 5.34. The van der Waals surface area contributed by atoms with E-state index in [1.54, 1.807) is 49.4 Å². The zero-order valence-electron chi connectivity index (χ0n) is 21.1. The molecular formula is C28H24N2O8S. The van der Waals surface area contributed by atoms with E-state index in [1.807, 2.05) is 0 Å². The molecule has 11 heteroatoms. The first-order valence-electron chi connectivity index (χ1n) is 11.9. The smallest absolute Gasteiger partial charge is 0.350 e. The number of benzene rings is 2. The number of hydrogen-bond donors (Lipinski definition) is 1. The Morgan fingerprint density at radius 1 is 1.18 bits per heavy atom. The number of carbonyl (C=O) groups excluding carboxylic acids is 3. The van der Waals surface area contributed by atoms with Crippen LogP contribution < -0.4 is 19.1 Å². The molecule has 1 atom stereocenters. The zero-order chi connectivity index (χ0) is 27.7. The van der Waals surface area contributed by atoms with E-state index < -0.39 is 23.7 Å². The number of hydrogen-bond acceptors (Lipinski definition) is 10. The van der Waals surface area contributed by atoms with Gasteiger partial charge in [0.25, 0.3) is 5.78 Å². The van der Waals surface area contributed by atoms with Gasteiger partial charge in [-0.25, -0.2) is 9.78 Å². The minimum atomic E-state index is -1.04. The van der Waals surface area contributed by atoms with Crippen LogP contribution in [0.3, 0.4) is 0 Å². The van der Waals surface area contributed by atoms with Gasteiger partial charge < -0.3 is 24.1 Å². The van der Waals surface area contributed by atoms with Gasteiger partial charge in [-0.3, -0.25) is 14.5 Å². The van der Waals surface area contributed by atoms with E-state index in [-0.39, 0.29) is 33.5 Å². The lowest BCUT2D eigenvalue weighted by Crippen LogP contribution is -2.29. The van der Waals surface area contributed by atoms with E-state index >= 15 is 0 Å². The Morgan fingerprint density at radius 2 is 1.90 bits per heavy atom. The molecule has 0 aliphatic carbocycles. The van der Waals surface area contributed by atoms with Crippen LogP contribution in [0.2, 0.25) is 0 Å². The number of carbonyl (C=O) groups is 3. The number of rotatable bonds is 7. The number of methoxy groups -OCH3 is 1. The van der Waals surface area contributed by atoms with Gasteiger partial charge >= 0.3 is 11.9 Å². The SMILES string of the molecule is C=CCOC(=O)c1sc(N2C(=O)C(=O)/C(=C(/O)c3ccc4c(c3)OCCO4)C2c2ccc(OC)cc2)nc1C. The number of anilines is 1. The molecule has 3 heterocycles. The van der Waals surface area contributed by atoms with Gasteiger partial charge in [-0.2, -0.15) is 0 Å². The number of fused-ring (bicyclic) bond motifs is 1. The maximum Gasteiger partial charge on any atom is 0.350 e. The first kappa shape index (κ1) is 26.0. The van der Waals surface area contributed by atoms with Crippen LogP contribution in [0, 0.1) is 6.92 Å². The first-order valence-corrected chi connectivity index (χ1v) is 12.8. The number of aliphatic hydroxyl groups is 1. The van der Waals surface area contributed by atoms with E-state index in [9.17, 15) is 19.5 Å². The van der Waals surface area contributed by atoms with Crippen molar-refractivity contribution in [2.45, 2.75) is 13.0 Å². The van der Waals surface area contributed by atoms with Crippen LogP contribution >= 0.6 is 11.3 Å². The number of esters is 1. The molecule has 2 aliphatic rings. The fraction of sp³-hybridized carbons (Fsp3) is 0.214. The number of thiazole rings is 1. The quantitative estimate of drug-likeness (QED) is 0.152. The second-order valence-corrected chi connectivity index (χ2v) is 9.58. The minimum Gasteiger partial charge on any atom is -0.507 e. The molecule has 2 aromatic carbocycles. The zero-order valence-corrected chi connectivity index (χ0v) is 21.9. The summed E-state index contributed by atoms with van der Waals surface area (Å²) in [5.41, 5.74) is 1.01. The summed E-state index contributed by atoms with van der Waals surface area (Å²) < 4.78 is 21.6. The fourth-order valence-electron chi connectivity index (χ4n) is 4.35. The van der Waals surface area contributed by atoms with Crippen molar-refractivity contribution in [3.8, 4) is 17.2 Å². The Hall–Kier alpha value is -4.64. The third kappa shape index (κ3) is 4.72. The number of aryl methyl sites for hydroxylation is 1. The van der Waals surface area contributed by atoms with Gasteiger partial charge in [0, 0.05) is 5.56 Å². The molecule has 0 radical (unpaired) electrons. The summed E-state index contributed by atoms with van der Waals surface area (Å²) in [5, 5.41) is 11.5. The van der Waals surface area contributed by atoms with E-state index in [0.29, 0.717) is 41.7 Å². The van der Waals surface area contributed by atoms with Gasteiger partial charge in [-0.05, 0) is 42.8 Å². The normalized spacial score (nSPS) is 17.7. The van der Waals surface area contributed by atoms with Crippen LogP contribution in [0.25, 0.3) is 5.76 Å². The van der Waals surface area contributed by atoms with Crippen molar-refractivity contribution in [2.75, 3.05) is 31.8 Å². The van der Waals surface area contributed by atoms with Crippen molar-refractivity contribution in [3.63, 3.8) is 0 Å². The predicted octanol–water partition coefficient (Wildman–Crippen LogP) is 4.20. The summed E-state index contributed by atoms with van der Waals surface area (Å²) in [5.74, 6) is -1.29. The minimum absolute atomic E-state index is 0.0113. The molecule has 10 nitrogen and oxygen atoms in total. The Morgan fingerprint density at radius 3 is 2.59 bits per heavy atom. The Kier molecular flexibility index (Phi) is 7.07. The third-order valence-electron chi connectivity index (χ3n) is 6.20. The second-order valence-electron chi connectivity index (χ2n) is 8.60. The number of ether oxygens (including phenoxy) is 4. The molecule has 1 fully saturated rings. The monoisotopic (exact) mass is 548 g/mol. The summed E-state index contributed by atoms with van der Waals surface area (Å²) in [6, 6.07) is 10.5. The van der Waals surface area contributed by atoms with Crippen LogP contribution in [0.5, 0.6) is 17.2 Å². The van der Waals surface area contributed by atoms with Crippen molar-refractivity contribution in [3.05, 3.63) is 82.4 Å². The third-order valence-corrected chi connectivity index (χ3v) is 7.34. The topological polar surface area (TPSA) is 124 Å². The highest BCUT2D eigenvalue weighted by Gasteiger charge is 2.48. The Bertz CT molecular complexity index is 1510. The molecule has 1 N–H and O–H groups in total. The molecule has 3 aromatic rings. The average molecular weight is 549 g/mol. The number of ketones is 1. The molecule has 2 aliphatic heterocycles. The van der Waals surface area contributed by atoms with Gasteiger partial charge in [0.2, 0.25) is 0 Å². The maximum absolute atomic E-state index is 13.5. The molecule has 200 valence electrons. The molecule has 1 saturated heterocycles. The number of amides is 1. The summed E-state index contributed by atoms with van der Waals surface area (Å²) in [6.45, 7) is 5.90. The van der Waals surface area contributed by atoms with E-state index in [2.05, 4.69) is 11.6 Å². The second kappa shape index (κ2) is 10.6. The average Bonchev–Trinajstić information content (AvgIpc) is 3.47. The molecule has 39 heavy (non-hydrogen) atoms. The van der Waals surface area contributed by atoms with Gasteiger partial charge in [-0.15, -0.1) is 0 Å². The lowest BCUT2D eigenvalue weighted by Gasteiger charge is -2.23. The molecule has 0 saturated carbocycles. The molecule has 0 spiro atoms. The molecule has 5 rings (SSSR count). The van der Waals surface area contributed by atoms with E-state index in [4.69, 9.17) is 18.9 Å². The van der Waals surface area contributed by atoms with Crippen LogP contribution in [-0.4, -0.2) is 54.7 Å². The van der Waals surface area contributed by atoms with Crippen LogP contribution in [0.4, 0.5) is 5.13 Å². The lowest BCUT2D eigenvalue weighted by molar-refractivity contribution is -0.132. The predicted molar refractivity (Wildman–Crippen MR) is 143 cm³/mol. The van der Waals surface area contributed by atoms with Gasteiger partial charge in [0.1, 0.15) is 36.2 Å². The van der Waals surface area contributed by atoms with Crippen molar-refractivity contribution >= 4 is 39.9 Å². The summed E-state index contributed by atoms with van der Waals surface area (Å²) >= 11 is 0.923. The number of aromatic nitrogens is 1. The van der Waals surface area contributed by atoms with Crippen molar-refractivity contribution in [1.82, 2.24) is 4.98 Å². The standard InChI is InChI=1S/C28H24N2O8S/c1-4-11-38-27(34)25-15(2)29-28(39-25)30-22(16-5-8-18(35-3)9-6-16)21(24(32)26(30)33)23(31)17-7-10-19-20(14-17)37-13-12-36-19/h4-10,14,22,31H,1,11-13H2,2-3H3/b23-21+. The summed E-state index contributed by atoms with van der Waals surface area (Å²) in [6.07, 6.45) is 1.44. The van der Waals surface area contributed by atoms with Crippen molar-refractivity contribution in [2.24, 2.45) is 0 Å². The lowest BCUT2D eigenvalue weighted by atomic mass is 9.95. The van der Waals surface area contributed by atoms with Crippen molar-refractivity contribution in [1.29, 1.82) is 0 Å². The van der Waals surface area contributed by atoms with Gasteiger partial charge in [0.15, 0.2) is 16.6 Å². The maximum atomic E-state index is 13.5. The highest BCUT2D eigenvalue weighted by Crippen LogP contribution is 2.45. The van der Waals surface area contributed by atoms with Crippen LogP contribution in [0.15, 0.2) is 60.7 Å². The van der Waals surface area contributed by atoms with Gasteiger partial charge in [-0.1, -0.05) is 36.1 Å². The summed E-state index contributed by atoms with van der Waals surface area (Å²) in [7, 11) is 1.52. The first-order chi connectivity index (χ1) is 18.8. The van der Waals surface area contributed by atoms with Crippen LogP contribution in [0.1, 0.15) is 32.5 Å². The molecular weight excluding hydrogens is 524 g/mol. The van der Waals surface area contributed by atoms with Crippen molar-refractivity contribution < 1.29 is 38.4 Å². The Balaban J connectivity index is 1.64. The van der Waals surface area contributed by atoms with Gasteiger partial charge in [0.05, 0.1) is 24.4 Å².